The summed E-state index contributed by atoms with van der Waals surface area (Å²) in [6.45, 7) is 12.2. The molecule has 0 radical (unpaired) electrons. The quantitative estimate of drug-likeness (QED) is 0.758. The van der Waals surface area contributed by atoms with Gasteiger partial charge in [-0.3, -0.25) is 14.5 Å². The molecule has 1 aliphatic rings. The maximum absolute atomic E-state index is 12.2. The summed E-state index contributed by atoms with van der Waals surface area (Å²) >= 11 is 0. The van der Waals surface area contributed by atoms with E-state index in [1.807, 2.05) is 25.1 Å². The van der Waals surface area contributed by atoms with Gasteiger partial charge >= 0.3 is 0 Å². The fraction of sp³-hybridized carbons (Fsp3) is 0.556. The summed E-state index contributed by atoms with van der Waals surface area (Å²) in [5.74, 6) is -0.760. The maximum atomic E-state index is 12.2. The highest BCUT2D eigenvalue weighted by atomic mass is 16.2. The number of nitrogens with zero attached hydrogens (tertiary/aromatic N) is 2. The van der Waals surface area contributed by atoms with Crippen LogP contribution in [-0.4, -0.2) is 41.8 Å². The predicted molar refractivity (Wildman–Crippen MR) is 89.5 cm³/mol. The Kier molecular flexibility index (Phi) is 5.01. The van der Waals surface area contributed by atoms with Crippen LogP contribution in [0.5, 0.6) is 0 Å². The van der Waals surface area contributed by atoms with Gasteiger partial charge in [-0.05, 0) is 53.2 Å². The van der Waals surface area contributed by atoms with Gasteiger partial charge in [-0.1, -0.05) is 11.6 Å². The molecule has 0 saturated carbocycles. The molecule has 1 aliphatic heterocycles. The molecule has 0 spiro atoms. The third kappa shape index (κ3) is 3.22. The Morgan fingerprint density at radius 3 is 2.32 bits per heavy atom. The molecule has 0 N–H and O–H groups in total. The van der Waals surface area contributed by atoms with Crippen molar-refractivity contribution in [3.8, 4) is 0 Å². The van der Waals surface area contributed by atoms with E-state index in [0.29, 0.717) is 24.2 Å². The first kappa shape index (κ1) is 16.7. The van der Waals surface area contributed by atoms with Gasteiger partial charge in [0, 0.05) is 25.2 Å². The van der Waals surface area contributed by atoms with Crippen LogP contribution in [0.2, 0.25) is 0 Å². The number of fused-ring (bicyclic) bond motifs is 1. The Morgan fingerprint density at radius 1 is 1.09 bits per heavy atom. The Bertz CT molecular complexity index is 570. The van der Waals surface area contributed by atoms with Gasteiger partial charge < -0.3 is 4.90 Å². The van der Waals surface area contributed by atoms with Crippen LogP contribution in [0, 0.1) is 6.92 Å². The van der Waals surface area contributed by atoms with Crippen molar-refractivity contribution in [2.24, 2.45) is 0 Å². The monoisotopic (exact) mass is 302 g/mol. The summed E-state index contributed by atoms with van der Waals surface area (Å²) in [4.78, 5) is 28.3. The van der Waals surface area contributed by atoms with Gasteiger partial charge in [0.25, 0.3) is 11.7 Å². The molecule has 0 aromatic heterocycles. The van der Waals surface area contributed by atoms with E-state index in [-0.39, 0.29) is 11.7 Å². The number of carbonyl (C=O) groups is 2. The number of hydrogen-bond acceptors (Lipinski definition) is 3. The molecular weight excluding hydrogens is 276 g/mol. The maximum Gasteiger partial charge on any atom is 0.299 e. The molecule has 0 fully saturated rings. The summed E-state index contributed by atoms with van der Waals surface area (Å²) in [7, 11) is 0. The lowest BCUT2D eigenvalue weighted by molar-refractivity contribution is -0.114. The number of amides is 1. The van der Waals surface area contributed by atoms with E-state index < -0.39 is 0 Å². The fourth-order valence-electron chi connectivity index (χ4n) is 3.16. The van der Waals surface area contributed by atoms with Gasteiger partial charge in [-0.25, -0.2) is 0 Å². The van der Waals surface area contributed by atoms with Gasteiger partial charge in [0.1, 0.15) is 0 Å². The molecule has 1 heterocycles. The zero-order chi connectivity index (χ0) is 16.4. The minimum atomic E-state index is -0.388. The van der Waals surface area contributed by atoms with E-state index in [1.165, 1.54) is 0 Å². The summed E-state index contributed by atoms with van der Waals surface area (Å²) in [5.41, 5.74) is 2.32. The SMILES string of the molecule is Cc1ccc2c(c1)C(=O)C(=O)N2CCCN(C(C)C)C(C)C. The van der Waals surface area contributed by atoms with Crippen LogP contribution < -0.4 is 4.90 Å². The van der Waals surface area contributed by atoms with Crippen molar-refractivity contribution in [3.05, 3.63) is 29.3 Å². The van der Waals surface area contributed by atoms with E-state index >= 15 is 0 Å². The smallest absolute Gasteiger partial charge is 0.299 e. The predicted octanol–water partition coefficient (Wildman–Crippen LogP) is 3.03. The lowest BCUT2D eigenvalue weighted by atomic mass is 10.1. The van der Waals surface area contributed by atoms with Gasteiger partial charge in [0.15, 0.2) is 0 Å². The highest BCUT2D eigenvalue weighted by Gasteiger charge is 2.35. The molecule has 1 aromatic carbocycles. The molecule has 1 amide bonds. The number of benzene rings is 1. The van der Waals surface area contributed by atoms with Crippen molar-refractivity contribution in [1.29, 1.82) is 0 Å². The van der Waals surface area contributed by atoms with E-state index in [2.05, 4.69) is 32.6 Å². The third-order valence-electron chi connectivity index (χ3n) is 4.25. The topological polar surface area (TPSA) is 40.6 Å². The second-order valence-electron chi connectivity index (χ2n) is 6.59. The first-order valence-electron chi connectivity index (χ1n) is 8.05. The Labute approximate surface area is 133 Å². The van der Waals surface area contributed by atoms with Gasteiger partial charge in [0.05, 0.1) is 11.3 Å². The first-order valence-corrected chi connectivity index (χ1v) is 8.05. The van der Waals surface area contributed by atoms with Crippen LogP contribution in [-0.2, 0) is 4.79 Å². The Morgan fingerprint density at radius 2 is 1.73 bits per heavy atom. The van der Waals surface area contributed by atoms with Gasteiger partial charge in [0.2, 0.25) is 0 Å². The molecule has 4 nitrogen and oxygen atoms in total. The zero-order valence-electron chi connectivity index (χ0n) is 14.2. The Balaban J connectivity index is 2.05. The van der Waals surface area contributed by atoms with E-state index in [4.69, 9.17) is 0 Å². The van der Waals surface area contributed by atoms with Crippen molar-refractivity contribution >= 4 is 17.4 Å². The first-order chi connectivity index (χ1) is 10.3. The molecule has 4 heteroatoms. The molecule has 0 unspecified atom stereocenters. The average Bonchev–Trinajstić information content (AvgIpc) is 2.67. The largest absolute Gasteiger partial charge is 0.305 e. The summed E-state index contributed by atoms with van der Waals surface area (Å²) in [5, 5.41) is 0. The second-order valence-corrected chi connectivity index (χ2v) is 6.59. The lowest BCUT2D eigenvalue weighted by Gasteiger charge is -2.31. The normalized spacial score (nSPS) is 14.6. The van der Waals surface area contributed by atoms with Crippen LogP contribution in [0.25, 0.3) is 0 Å². The molecule has 2 rings (SSSR count). The van der Waals surface area contributed by atoms with Crippen molar-refractivity contribution in [1.82, 2.24) is 4.90 Å². The number of aryl methyl sites for hydroxylation is 1. The molecule has 0 bridgehead atoms. The minimum Gasteiger partial charge on any atom is -0.305 e. The van der Waals surface area contributed by atoms with Crippen molar-refractivity contribution in [2.75, 3.05) is 18.0 Å². The molecule has 120 valence electrons. The number of ketones is 1. The highest BCUT2D eigenvalue weighted by Crippen LogP contribution is 2.29. The minimum absolute atomic E-state index is 0.372. The van der Waals surface area contributed by atoms with Crippen LogP contribution in [0.1, 0.15) is 50.0 Å². The fourth-order valence-corrected chi connectivity index (χ4v) is 3.16. The molecule has 0 atom stereocenters. The van der Waals surface area contributed by atoms with Crippen LogP contribution in [0.15, 0.2) is 18.2 Å². The van der Waals surface area contributed by atoms with Gasteiger partial charge in [-0.15, -0.1) is 0 Å². The van der Waals surface area contributed by atoms with Crippen LogP contribution in [0.4, 0.5) is 5.69 Å². The van der Waals surface area contributed by atoms with E-state index in [0.717, 1.165) is 24.2 Å². The van der Waals surface area contributed by atoms with Crippen molar-refractivity contribution in [2.45, 2.75) is 53.1 Å². The molecule has 1 aromatic rings. The standard InChI is InChI=1S/C18H26N2O2/c1-12(2)19(13(3)4)9-6-10-20-16-8-7-14(5)11-15(16)17(21)18(20)22/h7-8,11-13H,6,9-10H2,1-5H3. The number of rotatable bonds is 6. The molecule has 0 aliphatic carbocycles. The third-order valence-corrected chi connectivity index (χ3v) is 4.25. The number of carbonyl (C=O) groups excluding carboxylic acids is 2. The summed E-state index contributed by atoms with van der Waals surface area (Å²) < 4.78 is 0. The molecule has 0 saturated heterocycles. The van der Waals surface area contributed by atoms with Crippen LogP contribution >= 0.6 is 0 Å². The molecule has 22 heavy (non-hydrogen) atoms. The van der Waals surface area contributed by atoms with E-state index in [1.54, 1.807) is 4.90 Å². The molecular formula is C18H26N2O2. The number of anilines is 1. The average molecular weight is 302 g/mol. The summed E-state index contributed by atoms with van der Waals surface area (Å²) in [6.07, 6.45) is 0.864. The highest BCUT2D eigenvalue weighted by molar-refractivity contribution is 6.52. The second kappa shape index (κ2) is 6.61. The number of Topliss-reactive ketones (excluding diaryl/α,β-unsaturated/α-hetero) is 1. The van der Waals surface area contributed by atoms with Gasteiger partial charge in [-0.2, -0.15) is 0 Å². The van der Waals surface area contributed by atoms with Crippen molar-refractivity contribution < 1.29 is 9.59 Å². The van der Waals surface area contributed by atoms with E-state index in [9.17, 15) is 9.59 Å². The lowest BCUT2D eigenvalue weighted by Crippen LogP contribution is -2.39. The Hall–Kier alpha value is -1.68. The number of hydrogen-bond donors (Lipinski definition) is 0. The van der Waals surface area contributed by atoms with Crippen molar-refractivity contribution in [3.63, 3.8) is 0 Å². The summed E-state index contributed by atoms with van der Waals surface area (Å²) in [6, 6.07) is 6.60. The zero-order valence-corrected chi connectivity index (χ0v) is 14.2. The van der Waals surface area contributed by atoms with Crippen LogP contribution in [0.3, 0.4) is 0 Å².